The van der Waals surface area contributed by atoms with Crippen LogP contribution in [0.25, 0.3) is 0 Å². The molecule has 0 rings (SSSR count). The van der Waals surface area contributed by atoms with Crippen LogP contribution in [0.1, 0.15) is 0 Å². The number of hydrogen-bond acceptors (Lipinski definition) is 4. The number of rotatable bonds is 0. The van der Waals surface area contributed by atoms with E-state index in [0.717, 1.165) is 0 Å². The maximum atomic E-state index is 8.88. The van der Waals surface area contributed by atoms with E-state index in [2.05, 4.69) is 0 Å². The normalized spacial score (nSPS) is 9.08. The van der Waals surface area contributed by atoms with E-state index in [1.54, 1.807) is 0 Å². The van der Waals surface area contributed by atoms with Crippen molar-refractivity contribution in [3.05, 3.63) is 0 Å². The third-order valence-corrected chi connectivity index (χ3v) is 0. The summed E-state index contributed by atoms with van der Waals surface area (Å²) < 4.78 is 35.5. The van der Waals surface area contributed by atoms with Crippen LogP contribution in [0.15, 0.2) is 0 Å². The van der Waals surface area contributed by atoms with Gasteiger partial charge in [-0.3, -0.25) is 0 Å². The van der Waals surface area contributed by atoms with Gasteiger partial charge in [-0.2, -0.15) is 0 Å². The summed E-state index contributed by atoms with van der Waals surface area (Å²) >= 11 is 0. The fraction of sp³-hybridized carbons (Fsp3) is 0. The van der Waals surface area contributed by atoms with Crippen molar-refractivity contribution in [1.82, 2.24) is 0 Å². The number of hydrogen-bond donors (Lipinski definition) is 12. The zero-order valence-electron chi connectivity index (χ0n) is 10.8. The van der Waals surface area contributed by atoms with Crippen LogP contribution in [0, 0.1) is 0 Å². The standard InChI is InChI=1S/2Mg.4H3O4P.4H2O.4H/c;;4*1-5(2,3)4;;;;;;;;/h;;4*(H3,1,2,3,4);4*1H2;;;;. The third kappa shape index (κ3) is 4840. The molecule has 0 heterocycles. The molecule has 26 heavy (non-hydrogen) atoms. The van der Waals surface area contributed by atoms with Gasteiger partial charge in [0.2, 0.25) is 0 Å². The lowest BCUT2D eigenvalue weighted by Gasteiger charge is -1.82. The van der Waals surface area contributed by atoms with Crippen LogP contribution in [0.3, 0.4) is 0 Å². The largest absolute Gasteiger partial charge is 0.466 e. The maximum absolute atomic E-state index is 8.88. The van der Waals surface area contributed by atoms with E-state index < -0.39 is 31.3 Å². The molecule has 0 fully saturated rings. The summed E-state index contributed by atoms with van der Waals surface area (Å²) in [5.41, 5.74) is 0. The van der Waals surface area contributed by atoms with Crippen molar-refractivity contribution in [2.24, 2.45) is 0 Å². The number of phosphoric acid groups is 4. The van der Waals surface area contributed by atoms with Crippen LogP contribution in [0.4, 0.5) is 0 Å². The quantitative estimate of drug-likeness (QED) is 0.105. The molecule has 0 aliphatic rings. The van der Waals surface area contributed by atoms with Gasteiger partial charge in [0.25, 0.3) is 0 Å². The molecule has 0 bridgehead atoms. The molecular weight excluding hydrogens is 492 g/mol. The minimum Gasteiger partial charge on any atom is -0.412 e. The molecule has 0 saturated carbocycles. The average molecular weight is 517 g/mol. The molecule has 0 aromatic rings. The summed E-state index contributed by atoms with van der Waals surface area (Å²) in [5, 5.41) is 0. The first kappa shape index (κ1) is 63.0. The molecule has 0 aliphatic heterocycles. The van der Waals surface area contributed by atoms with Gasteiger partial charge in [-0.05, 0) is 0 Å². The summed E-state index contributed by atoms with van der Waals surface area (Å²) in [6.45, 7) is 0. The first-order valence-electron chi connectivity index (χ1n) is 3.13. The smallest absolute Gasteiger partial charge is 0.412 e. The average Bonchev–Trinajstić information content (AvgIpc) is 1.62. The van der Waals surface area contributed by atoms with Gasteiger partial charge in [-0.25, -0.2) is 18.3 Å². The van der Waals surface area contributed by atoms with Gasteiger partial charge >= 0.3 is 77.4 Å². The van der Waals surface area contributed by atoms with Gasteiger partial charge in [0.1, 0.15) is 0 Å². The molecule has 0 unspecified atom stereocenters. The van der Waals surface area contributed by atoms with Gasteiger partial charge in [0.15, 0.2) is 0 Å². The predicted molar refractivity (Wildman–Crippen MR) is 88.6 cm³/mol. The van der Waals surface area contributed by atoms with Crippen molar-refractivity contribution in [2.75, 3.05) is 0 Å². The summed E-state index contributed by atoms with van der Waals surface area (Å²) in [7, 11) is -18.6. The van der Waals surface area contributed by atoms with Crippen LogP contribution >= 0.6 is 31.3 Å². The Kier molecular flexibility index (Phi) is 65.0. The lowest BCUT2D eigenvalue weighted by molar-refractivity contribution is 0.272. The second-order valence-corrected chi connectivity index (χ2v) is 6.16. The van der Waals surface area contributed by atoms with Gasteiger partial charge in [0, 0.05) is 0 Å². The highest BCUT2D eigenvalue weighted by Crippen LogP contribution is 2.27. The Morgan fingerprint density at radius 3 is 0.308 bits per heavy atom. The fourth-order valence-electron chi connectivity index (χ4n) is 0. The van der Waals surface area contributed by atoms with E-state index in [4.69, 9.17) is 77.0 Å². The Hall–Kier alpha value is 1.81. The van der Waals surface area contributed by atoms with E-state index in [1.165, 1.54) is 0 Å². The van der Waals surface area contributed by atoms with Crippen molar-refractivity contribution >= 4 is 77.4 Å². The minimum absolute atomic E-state index is 0. The SMILES string of the molecule is O.O.O.O.O=P(O)(O)O.O=P(O)(O)O.O=P(O)(O)O.O=P(O)(O)O.[MgH2].[MgH2]. The molecule has 0 aliphatic carbocycles. The van der Waals surface area contributed by atoms with Gasteiger partial charge in [0.05, 0.1) is 0 Å². The molecular formula is H24Mg2O20P4. The van der Waals surface area contributed by atoms with Gasteiger partial charge in [-0.1, -0.05) is 0 Å². The van der Waals surface area contributed by atoms with Crippen molar-refractivity contribution in [3.8, 4) is 0 Å². The van der Waals surface area contributed by atoms with Crippen molar-refractivity contribution in [3.63, 3.8) is 0 Å². The zero-order valence-corrected chi connectivity index (χ0v) is 14.4. The molecule has 0 radical (unpaired) electrons. The lowest BCUT2D eigenvalue weighted by Crippen LogP contribution is -1.66. The monoisotopic (exact) mass is 516 g/mol. The molecule has 0 spiro atoms. The van der Waals surface area contributed by atoms with Crippen molar-refractivity contribution in [2.45, 2.75) is 0 Å². The summed E-state index contributed by atoms with van der Waals surface area (Å²) in [6, 6.07) is 0. The molecule has 20 nitrogen and oxygen atoms in total. The molecule has 26 heteroatoms. The van der Waals surface area contributed by atoms with Crippen LogP contribution in [-0.4, -0.2) is 127 Å². The van der Waals surface area contributed by atoms with Crippen LogP contribution in [0.5, 0.6) is 0 Å². The van der Waals surface area contributed by atoms with Crippen LogP contribution < -0.4 is 0 Å². The Labute approximate surface area is 176 Å². The third-order valence-electron chi connectivity index (χ3n) is 0. The van der Waals surface area contributed by atoms with E-state index in [-0.39, 0.29) is 68.0 Å². The zero-order chi connectivity index (χ0) is 18.0. The first-order valence-corrected chi connectivity index (χ1v) is 9.39. The minimum atomic E-state index is -4.64. The maximum Gasteiger partial charge on any atom is 0.466 e. The molecule has 0 aromatic carbocycles. The summed E-state index contributed by atoms with van der Waals surface area (Å²) in [6.07, 6.45) is 0. The van der Waals surface area contributed by atoms with E-state index in [1.807, 2.05) is 0 Å². The van der Waals surface area contributed by atoms with Crippen LogP contribution in [0.2, 0.25) is 0 Å². The Balaban J connectivity index is -0.0000000152. The second-order valence-electron chi connectivity index (χ2n) is 2.05. The molecule has 0 saturated heterocycles. The fourth-order valence-corrected chi connectivity index (χ4v) is 0. The topological polar surface area (TPSA) is 437 Å². The molecule has 0 aromatic heterocycles. The highest BCUT2D eigenvalue weighted by Gasteiger charge is 2.01. The second kappa shape index (κ2) is 26.8. The van der Waals surface area contributed by atoms with Crippen LogP contribution in [-0.2, 0) is 18.3 Å². The Bertz CT molecular complexity index is 290. The Morgan fingerprint density at radius 1 is 0.308 bits per heavy atom. The highest BCUT2D eigenvalue weighted by molar-refractivity contribution is 7.45. The lowest BCUT2D eigenvalue weighted by atomic mass is 15.8. The van der Waals surface area contributed by atoms with E-state index in [0.29, 0.717) is 0 Å². The predicted octanol–water partition coefficient (Wildman–Crippen LogP) is -8.85. The van der Waals surface area contributed by atoms with E-state index >= 15 is 0 Å². The molecule has 20 N–H and O–H groups in total. The molecule has 0 amide bonds. The summed E-state index contributed by atoms with van der Waals surface area (Å²) in [4.78, 5) is 86.2. The van der Waals surface area contributed by atoms with Gasteiger partial charge in [-0.15, -0.1) is 0 Å². The van der Waals surface area contributed by atoms with Crippen molar-refractivity contribution in [1.29, 1.82) is 0 Å². The molecule has 0 atom stereocenters. The van der Waals surface area contributed by atoms with Gasteiger partial charge < -0.3 is 80.6 Å². The Morgan fingerprint density at radius 2 is 0.308 bits per heavy atom. The highest BCUT2D eigenvalue weighted by atomic mass is 31.2. The molecule has 168 valence electrons. The first-order chi connectivity index (χ1) is 8.00. The van der Waals surface area contributed by atoms with Crippen molar-refractivity contribution < 1.29 is 98.9 Å². The summed E-state index contributed by atoms with van der Waals surface area (Å²) in [5.74, 6) is 0. The van der Waals surface area contributed by atoms with E-state index in [9.17, 15) is 0 Å².